The van der Waals surface area contributed by atoms with E-state index in [1.165, 1.54) is 12.1 Å². The highest BCUT2D eigenvalue weighted by molar-refractivity contribution is 9.08. The molecule has 5 heteroatoms. The van der Waals surface area contributed by atoms with Crippen LogP contribution in [0.25, 0.3) is 0 Å². The van der Waals surface area contributed by atoms with Crippen LogP contribution in [0.4, 0.5) is 4.39 Å². The zero-order chi connectivity index (χ0) is 16.1. The molecule has 116 valence electrons. The van der Waals surface area contributed by atoms with E-state index in [1.807, 2.05) is 6.92 Å². The van der Waals surface area contributed by atoms with Crippen molar-refractivity contribution >= 4 is 21.7 Å². The maximum atomic E-state index is 14.1. The lowest BCUT2D eigenvalue weighted by Gasteiger charge is -2.09. The summed E-state index contributed by atoms with van der Waals surface area (Å²) >= 11 is 3.18. The van der Waals surface area contributed by atoms with Gasteiger partial charge < -0.3 is 9.84 Å². The summed E-state index contributed by atoms with van der Waals surface area (Å²) in [4.78, 5) is 12.4. The van der Waals surface area contributed by atoms with E-state index in [2.05, 4.69) is 15.9 Å². The Bertz CT molecular complexity index is 645. The first kappa shape index (κ1) is 16.5. The average molecular weight is 367 g/mol. The molecular formula is C17H16BrFO3. The van der Waals surface area contributed by atoms with E-state index in [0.29, 0.717) is 28.8 Å². The van der Waals surface area contributed by atoms with Gasteiger partial charge in [0, 0.05) is 10.9 Å². The van der Waals surface area contributed by atoms with Crippen molar-refractivity contribution in [1.82, 2.24) is 0 Å². The summed E-state index contributed by atoms with van der Waals surface area (Å²) in [6.07, 6.45) is 0.889. The van der Waals surface area contributed by atoms with Crippen LogP contribution in [0.1, 0.15) is 34.8 Å². The maximum absolute atomic E-state index is 14.1. The van der Waals surface area contributed by atoms with Crippen LogP contribution < -0.4 is 4.74 Å². The molecule has 0 atom stereocenters. The number of phenols is 1. The number of halogens is 2. The summed E-state index contributed by atoms with van der Waals surface area (Å²) < 4.78 is 19.5. The monoisotopic (exact) mass is 366 g/mol. The normalized spacial score (nSPS) is 10.5. The fourth-order valence-corrected chi connectivity index (χ4v) is 2.34. The van der Waals surface area contributed by atoms with Crippen LogP contribution in [-0.2, 0) is 5.33 Å². The van der Waals surface area contributed by atoms with E-state index in [9.17, 15) is 14.3 Å². The minimum atomic E-state index is -0.731. The Balaban J connectivity index is 2.28. The van der Waals surface area contributed by atoms with Gasteiger partial charge in [-0.15, -0.1) is 0 Å². The number of hydrogen-bond donors (Lipinski definition) is 1. The van der Waals surface area contributed by atoms with Crippen molar-refractivity contribution in [2.24, 2.45) is 0 Å². The lowest BCUT2D eigenvalue weighted by Crippen LogP contribution is -2.06. The van der Waals surface area contributed by atoms with Crippen LogP contribution in [0.3, 0.4) is 0 Å². The largest absolute Gasteiger partial charge is 0.507 e. The van der Waals surface area contributed by atoms with Gasteiger partial charge in [0.2, 0.25) is 0 Å². The molecule has 1 N–H and O–H groups in total. The standard InChI is InChI=1S/C17H16BrFO3/c1-2-7-22-13-5-3-12(4-6-13)17(21)16-14(19)8-11(10-18)9-15(16)20/h3-6,8-9,20H,2,7,10H2,1H3. The molecule has 0 saturated heterocycles. The smallest absolute Gasteiger partial charge is 0.199 e. The summed E-state index contributed by atoms with van der Waals surface area (Å²) in [5, 5.41) is 10.3. The van der Waals surface area contributed by atoms with Gasteiger partial charge in [0.1, 0.15) is 17.3 Å². The van der Waals surface area contributed by atoms with Gasteiger partial charge in [-0.05, 0) is 48.4 Å². The molecule has 22 heavy (non-hydrogen) atoms. The van der Waals surface area contributed by atoms with Crippen molar-refractivity contribution in [3.63, 3.8) is 0 Å². The second-order valence-corrected chi connectivity index (χ2v) is 5.37. The number of carbonyl (C=O) groups is 1. The Kier molecular flexibility index (Phi) is 5.55. The number of alkyl halides is 1. The van der Waals surface area contributed by atoms with Gasteiger partial charge in [-0.3, -0.25) is 4.79 Å². The van der Waals surface area contributed by atoms with E-state index < -0.39 is 11.6 Å². The Morgan fingerprint density at radius 3 is 2.50 bits per heavy atom. The van der Waals surface area contributed by atoms with Crippen molar-refractivity contribution < 1.29 is 19.0 Å². The second kappa shape index (κ2) is 7.40. The van der Waals surface area contributed by atoms with Crippen molar-refractivity contribution in [2.75, 3.05) is 6.61 Å². The molecular weight excluding hydrogens is 351 g/mol. The predicted octanol–water partition coefficient (Wildman–Crippen LogP) is 4.45. The van der Waals surface area contributed by atoms with Crippen molar-refractivity contribution in [2.45, 2.75) is 18.7 Å². The number of carbonyl (C=O) groups excluding carboxylic acids is 1. The maximum Gasteiger partial charge on any atom is 0.199 e. The molecule has 0 bridgehead atoms. The second-order valence-electron chi connectivity index (χ2n) is 4.81. The topological polar surface area (TPSA) is 46.5 Å². The number of aromatic hydroxyl groups is 1. The predicted molar refractivity (Wildman–Crippen MR) is 86.4 cm³/mol. The summed E-state index contributed by atoms with van der Waals surface area (Å²) in [6.45, 7) is 2.59. The van der Waals surface area contributed by atoms with Gasteiger partial charge in [0.25, 0.3) is 0 Å². The Morgan fingerprint density at radius 2 is 1.95 bits per heavy atom. The van der Waals surface area contributed by atoms with E-state index in [-0.39, 0.29) is 11.3 Å². The molecule has 0 radical (unpaired) electrons. The van der Waals surface area contributed by atoms with Crippen LogP contribution in [0, 0.1) is 5.82 Å². The lowest BCUT2D eigenvalue weighted by atomic mass is 10.0. The third kappa shape index (κ3) is 3.65. The summed E-state index contributed by atoms with van der Waals surface area (Å²) in [5.41, 5.74) is 0.548. The van der Waals surface area contributed by atoms with Gasteiger partial charge in [0.05, 0.1) is 12.2 Å². The quantitative estimate of drug-likeness (QED) is 0.606. The Labute approximate surface area is 136 Å². The number of ether oxygens (including phenoxy) is 1. The SMILES string of the molecule is CCCOc1ccc(C(=O)c2c(O)cc(CBr)cc2F)cc1. The minimum absolute atomic E-state index is 0.296. The highest BCUT2D eigenvalue weighted by atomic mass is 79.9. The van der Waals surface area contributed by atoms with Gasteiger partial charge >= 0.3 is 0 Å². The molecule has 0 aliphatic carbocycles. The molecule has 0 amide bonds. The highest BCUT2D eigenvalue weighted by Gasteiger charge is 2.19. The first-order valence-corrected chi connectivity index (χ1v) is 8.03. The Hall–Kier alpha value is -1.88. The molecule has 0 aromatic heterocycles. The molecule has 0 unspecified atom stereocenters. The molecule has 2 rings (SSSR count). The average Bonchev–Trinajstić information content (AvgIpc) is 2.52. The molecule has 0 aliphatic heterocycles. The molecule has 2 aromatic rings. The number of rotatable bonds is 6. The highest BCUT2D eigenvalue weighted by Crippen LogP contribution is 2.27. The number of hydrogen-bond acceptors (Lipinski definition) is 3. The van der Waals surface area contributed by atoms with Crippen molar-refractivity contribution in [3.8, 4) is 11.5 Å². The lowest BCUT2D eigenvalue weighted by molar-refractivity contribution is 0.103. The molecule has 0 aliphatic rings. The summed E-state index contributed by atoms with van der Waals surface area (Å²) in [5.74, 6) is -0.993. The van der Waals surface area contributed by atoms with E-state index in [0.717, 1.165) is 6.42 Å². The number of benzene rings is 2. The zero-order valence-electron chi connectivity index (χ0n) is 12.1. The van der Waals surface area contributed by atoms with Crippen LogP contribution in [-0.4, -0.2) is 17.5 Å². The Morgan fingerprint density at radius 1 is 1.27 bits per heavy atom. The first-order valence-electron chi connectivity index (χ1n) is 6.91. The van der Waals surface area contributed by atoms with E-state index in [1.54, 1.807) is 24.3 Å². The van der Waals surface area contributed by atoms with Gasteiger partial charge in [-0.25, -0.2) is 4.39 Å². The fraction of sp³-hybridized carbons (Fsp3) is 0.235. The molecule has 0 spiro atoms. The third-order valence-electron chi connectivity index (χ3n) is 3.10. The molecule has 3 nitrogen and oxygen atoms in total. The fourth-order valence-electron chi connectivity index (χ4n) is 2.02. The van der Waals surface area contributed by atoms with Crippen molar-refractivity contribution in [1.29, 1.82) is 0 Å². The van der Waals surface area contributed by atoms with Gasteiger partial charge in [0.15, 0.2) is 5.78 Å². The van der Waals surface area contributed by atoms with E-state index >= 15 is 0 Å². The molecule has 0 saturated carbocycles. The number of phenolic OH excluding ortho intramolecular Hbond substituents is 1. The van der Waals surface area contributed by atoms with Crippen LogP contribution in [0.15, 0.2) is 36.4 Å². The van der Waals surface area contributed by atoms with Crippen LogP contribution in [0.5, 0.6) is 11.5 Å². The summed E-state index contributed by atoms with van der Waals surface area (Å²) in [7, 11) is 0. The number of ketones is 1. The van der Waals surface area contributed by atoms with Crippen molar-refractivity contribution in [3.05, 3.63) is 58.9 Å². The minimum Gasteiger partial charge on any atom is -0.507 e. The zero-order valence-corrected chi connectivity index (χ0v) is 13.7. The summed E-state index contributed by atoms with van der Waals surface area (Å²) in [6, 6.07) is 9.05. The molecule has 0 heterocycles. The third-order valence-corrected chi connectivity index (χ3v) is 3.75. The molecule has 0 fully saturated rings. The van der Waals surface area contributed by atoms with E-state index in [4.69, 9.17) is 4.74 Å². The first-order chi connectivity index (χ1) is 10.6. The van der Waals surface area contributed by atoms with Crippen LogP contribution >= 0.6 is 15.9 Å². The molecule has 2 aromatic carbocycles. The van der Waals surface area contributed by atoms with Gasteiger partial charge in [-0.2, -0.15) is 0 Å². The van der Waals surface area contributed by atoms with Gasteiger partial charge in [-0.1, -0.05) is 22.9 Å². The van der Waals surface area contributed by atoms with Crippen LogP contribution in [0.2, 0.25) is 0 Å².